The summed E-state index contributed by atoms with van der Waals surface area (Å²) in [6, 6.07) is 5.03. The molecule has 0 radical (unpaired) electrons. The highest BCUT2D eigenvalue weighted by atomic mass is 15.1. The summed E-state index contributed by atoms with van der Waals surface area (Å²) in [6.07, 6.45) is 7.50. The molecular weight excluding hydrogens is 210 g/mol. The largest absolute Gasteiger partial charge is 0.370 e. The van der Waals surface area contributed by atoms with Crippen molar-refractivity contribution < 1.29 is 0 Å². The van der Waals surface area contributed by atoms with E-state index in [1.807, 2.05) is 6.20 Å². The molecule has 0 bridgehead atoms. The third-order valence-electron chi connectivity index (χ3n) is 3.56. The number of anilines is 1. The van der Waals surface area contributed by atoms with Gasteiger partial charge in [-0.1, -0.05) is 18.9 Å². The van der Waals surface area contributed by atoms with Gasteiger partial charge in [0.25, 0.3) is 0 Å². The number of hydrogen-bond acceptors (Lipinski definition) is 3. The predicted molar refractivity (Wildman–Crippen MR) is 72.1 cm³/mol. The number of hydrogen-bond donors (Lipinski definition) is 1. The normalized spacial score (nSPS) is 16.6. The maximum absolute atomic E-state index is 4.41. The van der Waals surface area contributed by atoms with Crippen molar-refractivity contribution in [3.8, 4) is 0 Å². The molecule has 0 amide bonds. The number of aromatic nitrogens is 1. The molecule has 94 valence electrons. The zero-order chi connectivity index (χ0) is 12.1. The zero-order valence-corrected chi connectivity index (χ0v) is 10.9. The van der Waals surface area contributed by atoms with Gasteiger partial charge in [-0.25, -0.2) is 4.98 Å². The van der Waals surface area contributed by atoms with Gasteiger partial charge in [0.05, 0.1) is 0 Å². The Kier molecular flexibility index (Phi) is 4.37. The van der Waals surface area contributed by atoms with Crippen LogP contribution < -0.4 is 5.32 Å². The minimum atomic E-state index is 0.781. The zero-order valence-electron chi connectivity index (χ0n) is 10.9. The first-order valence-electron chi connectivity index (χ1n) is 6.68. The van der Waals surface area contributed by atoms with Crippen LogP contribution in [0.1, 0.15) is 38.2 Å². The molecule has 2 rings (SSSR count). The lowest BCUT2D eigenvalue weighted by molar-refractivity contribution is 0.237. The van der Waals surface area contributed by atoms with E-state index in [0.717, 1.165) is 24.9 Å². The number of rotatable bonds is 5. The lowest BCUT2D eigenvalue weighted by Crippen LogP contribution is -2.28. The van der Waals surface area contributed by atoms with Crippen LogP contribution in [0.25, 0.3) is 0 Å². The van der Waals surface area contributed by atoms with Gasteiger partial charge in [0.15, 0.2) is 0 Å². The average Bonchev–Trinajstić information content (AvgIpc) is 2.86. The third-order valence-corrected chi connectivity index (χ3v) is 3.56. The Bertz CT molecular complexity index is 328. The summed E-state index contributed by atoms with van der Waals surface area (Å²) in [5.74, 6) is 0.972. The fourth-order valence-corrected chi connectivity index (χ4v) is 2.57. The number of nitrogens with one attached hydrogen (secondary N) is 1. The van der Waals surface area contributed by atoms with Gasteiger partial charge in [0.1, 0.15) is 5.82 Å². The Hall–Kier alpha value is -1.09. The van der Waals surface area contributed by atoms with Gasteiger partial charge in [-0.2, -0.15) is 0 Å². The van der Waals surface area contributed by atoms with E-state index in [9.17, 15) is 0 Å². The van der Waals surface area contributed by atoms with Crippen LogP contribution >= 0.6 is 0 Å². The molecule has 0 aromatic carbocycles. The first kappa shape index (κ1) is 12.4. The summed E-state index contributed by atoms with van der Waals surface area (Å²) >= 11 is 0. The van der Waals surface area contributed by atoms with E-state index in [4.69, 9.17) is 0 Å². The molecule has 0 atom stereocenters. The van der Waals surface area contributed by atoms with Gasteiger partial charge in [-0.05, 0) is 38.4 Å². The van der Waals surface area contributed by atoms with Gasteiger partial charge in [-0.3, -0.25) is 4.90 Å². The SMILES string of the molecule is CCNc1ccc(CN(C)C2CCCC2)cn1. The third kappa shape index (κ3) is 3.43. The summed E-state index contributed by atoms with van der Waals surface area (Å²) in [4.78, 5) is 6.88. The second-order valence-electron chi connectivity index (χ2n) is 4.94. The Labute approximate surface area is 104 Å². The Balaban J connectivity index is 1.89. The van der Waals surface area contributed by atoms with E-state index in [-0.39, 0.29) is 0 Å². The Morgan fingerprint density at radius 2 is 2.12 bits per heavy atom. The Morgan fingerprint density at radius 3 is 2.71 bits per heavy atom. The van der Waals surface area contributed by atoms with Gasteiger partial charge >= 0.3 is 0 Å². The van der Waals surface area contributed by atoms with Crippen molar-refractivity contribution in [3.05, 3.63) is 23.9 Å². The molecule has 1 aliphatic carbocycles. The van der Waals surface area contributed by atoms with Crippen molar-refractivity contribution in [2.75, 3.05) is 18.9 Å². The van der Waals surface area contributed by atoms with Crippen LogP contribution in [0, 0.1) is 0 Å². The standard InChI is InChI=1S/C14H23N3/c1-3-15-14-9-8-12(10-16-14)11-17(2)13-6-4-5-7-13/h8-10,13H,3-7,11H2,1-2H3,(H,15,16). The molecule has 1 aromatic rings. The highest BCUT2D eigenvalue weighted by molar-refractivity contribution is 5.35. The number of nitrogens with zero attached hydrogens (tertiary/aromatic N) is 2. The summed E-state index contributed by atoms with van der Waals surface area (Å²) < 4.78 is 0. The molecular formula is C14H23N3. The molecule has 1 aliphatic rings. The molecule has 1 saturated carbocycles. The molecule has 3 heteroatoms. The van der Waals surface area contributed by atoms with Crippen molar-refractivity contribution in [1.29, 1.82) is 0 Å². The van der Waals surface area contributed by atoms with E-state index in [0.29, 0.717) is 0 Å². The van der Waals surface area contributed by atoms with E-state index >= 15 is 0 Å². The average molecular weight is 233 g/mol. The first-order chi connectivity index (χ1) is 8.29. The van der Waals surface area contributed by atoms with Gasteiger partial charge in [0, 0.05) is 25.3 Å². The fraction of sp³-hybridized carbons (Fsp3) is 0.643. The summed E-state index contributed by atoms with van der Waals surface area (Å²) in [5, 5.41) is 3.22. The summed E-state index contributed by atoms with van der Waals surface area (Å²) in [7, 11) is 2.23. The highest BCUT2D eigenvalue weighted by Crippen LogP contribution is 2.23. The molecule has 0 aliphatic heterocycles. The first-order valence-corrected chi connectivity index (χ1v) is 6.68. The molecule has 1 aromatic heterocycles. The van der Waals surface area contributed by atoms with Crippen LogP contribution in [0.2, 0.25) is 0 Å². The second-order valence-corrected chi connectivity index (χ2v) is 4.94. The predicted octanol–water partition coefficient (Wildman–Crippen LogP) is 2.89. The van der Waals surface area contributed by atoms with Crippen molar-refractivity contribution >= 4 is 5.82 Å². The van der Waals surface area contributed by atoms with Gasteiger partial charge in [0.2, 0.25) is 0 Å². The van der Waals surface area contributed by atoms with E-state index in [2.05, 4.69) is 41.3 Å². The highest BCUT2D eigenvalue weighted by Gasteiger charge is 2.19. The molecule has 1 fully saturated rings. The van der Waals surface area contributed by atoms with Crippen molar-refractivity contribution in [2.24, 2.45) is 0 Å². The fourth-order valence-electron chi connectivity index (χ4n) is 2.57. The van der Waals surface area contributed by atoms with Gasteiger partial charge < -0.3 is 5.32 Å². The van der Waals surface area contributed by atoms with Crippen LogP contribution in [0.5, 0.6) is 0 Å². The lowest BCUT2D eigenvalue weighted by atomic mass is 10.2. The van der Waals surface area contributed by atoms with E-state index < -0.39 is 0 Å². The molecule has 3 nitrogen and oxygen atoms in total. The van der Waals surface area contributed by atoms with Crippen LogP contribution in [0.15, 0.2) is 18.3 Å². The summed E-state index contributed by atoms with van der Waals surface area (Å²) in [6.45, 7) is 4.03. The monoisotopic (exact) mass is 233 g/mol. The topological polar surface area (TPSA) is 28.2 Å². The van der Waals surface area contributed by atoms with Crippen LogP contribution in [-0.2, 0) is 6.54 Å². The van der Waals surface area contributed by atoms with E-state index in [1.54, 1.807) is 0 Å². The molecule has 1 N–H and O–H groups in total. The molecule has 17 heavy (non-hydrogen) atoms. The van der Waals surface area contributed by atoms with Gasteiger partial charge in [-0.15, -0.1) is 0 Å². The van der Waals surface area contributed by atoms with Crippen molar-refractivity contribution in [2.45, 2.75) is 45.2 Å². The van der Waals surface area contributed by atoms with Crippen LogP contribution in [0.4, 0.5) is 5.82 Å². The van der Waals surface area contributed by atoms with Crippen LogP contribution in [0.3, 0.4) is 0 Å². The number of pyridine rings is 1. The van der Waals surface area contributed by atoms with Crippen molar-refractivity contribution in [3.63, 3.8) is 0 Å². The lowest BCUT2D eigenvalue weighted by Gasteiger charge is -2.23. The quantitative estimate of drug-likeness (QED) is 0.847. The molecule has 0 saturated heterocycles. The molecule has 1 heterocycles. The van der Waals surface area contributed by atoms with E-state index in [1.165, 1.54) is 31.2 Å². The Morgan fingerprint density at radius 1 is 1.35 bits per heavy atom. The smallest absolute Gasteiger partial charge is 0.125 e. The van der Waals surface area contributed by atoms with Crippen LogP contribution in [-0.4, -0.2) is 29.5 Å². The maximum Gasteiger partial charge on any atom is 0.125 e. The minimum Gasteiger partial charge on any atom is -0.370 e. The molecule has 0 unspecified atom stereocenters. The second kappa shape index (κ2) is 6.01. The maximum atomic E-state index is 4.41. The molecule has 0 spiro atoms. The minimum absolute atomic E-state index is 0.781. The van der Waals surface area contributed by atoms with Crippen molar-refractivity contribution in [1.82, 2.24) is 9.88 Å². The summed E-state index contributed by atoms with van der Waals surface area (Å²) in [5.41, 5.74) is 1.31.